The van der Waals surface area contributed by atoms with Crippen molar-refractivity contribution in [2.75, 3.05) is 6.54 Å². The van der Waals surface area contributed by atoms with E-state index in [1.807, 2.05) is 52.0 Å². The standard InChI is InChI=1S/C15H24N2O2/c1-10-7-5-6-8-11(10)12(18)9-17-14(19)13(16)15(2,3)4/h5-8,12-13,18H,9,16H2,1-4H3,(H,17,19)/t12?,13-/m1/s1. The molecule has 0 aromatic heterocycles. The highest BCUT2D eigenvalue weighted by Crippen LogP contribution is 2.18. The monoisotopic (exact) mass is 264 g/mol. The minimum atomic E-state index is -0.711. The Hall–Kier alpha value is -1.39. The lowest BCUT2D eigenvalue weighted by molar-refractivity contribution is -0.125. The Morgan fingerprint density at radius 3 is 2.47 bits per heavy atom. The Labute approximate surface area is 115 Å². The van der Waals surface area contributed by atoms with Crippen LogP contribution in [-0.4, -0.2) is 23.6 Å². The van der Waals surface area contributed by atoms with Crippen molar-refractivity contribution >= 4 is 5.91 Å². The average Bonchev–Trinajstić information content (AvgIpc) is 2.34. The van der Waals surface area contributed by atoms with Crippen molar-refractivity contribution in [2.45, 2.75) is 39.8 Å². The maximum atomic E-state index is 11.9. The minimum absolute atomic E-state index is 0.174. The smallest absolute Gasteiger partial charge is 0.237 e. The fourth-order valence-electron chi connectivity index (χ4n) is 1.77. The molecule has 4 nitrogen and oxygen atoms in total. The molecule has 1 amide bonds. The van der Waals surface area contributed by atoms with Gasteiger partial charge in [-0.1, -0.05) is 45.0 Å². The van der Waals surface area contributed by atoms with Gasteiger partial charge in [-0.15, -0.1) is 0 Å². The van der Waals surface area contributed by atoms with Gasteiger partial charge in [-0.05, 0) is 23.5 Å². The van der Waals surface area contributed by atoms with Gasteiger partial charge in [0.1, 0.15) is 0 Å². The van der Waals surface area contributed by atoms with Crippen LogP contribution in [0.4, 0.5) is 0 Å². The molecule has 2 atom stereocenters. The lowest BCUT2D eigenvalue weighted by Gasteiger charge is -2.26. The number of aliphatic hydroxyl groups excluding tert-OH is 1. The lowest BCUT2D eigenvalue weighted by Crippen LogP contribution is -2.49. The van der Waals surface area contributed by atoms with Crippen molar-refractivity contribution < 1.29 is 9.90 Å². The van der Waals surface area contributed by atoms with E-state index in [2.05, 4.69) is 5.32 Å². The molecule has 0 saturated heterocycles. The highest BCUT2D eigenvalue weighted by Gasteiger charge is 2.27. The van der Waals surface area contributed by atoms with Crippen LogP contribution in [0.1, 0.15) is 38.0 Å². The summed E-state index contributed by atoms with van der Waals surface area (Å²) in [7, 11) is 0. The molecule has 0 heterocycles. The van der Waals surface area contributed by atoms with E-state index in [0.717, 1.165) is 11.1 Å². The maximum absolute atomic E-state index is 11.9. The van der Waals surface area contributed by atoms with E-state index in [0.29, 0.717) is 0 Å². The molecule has 4 N–H and O–H groups in total. The van der Waals surface area contributed by atoms with E-state index in [1.165, 1.54) is 0 Å². The zero-order chi connectivity index (χ0) is 14.6. The first-order valence-electron chi connectivity index (χ1n) is 6.50. The van der Waals surface area contributed by atoms with Crippen molar-refractivity contribution in [3.05, 3.63) is 35.4 Å². The van der Waals surface area contributed by atoms with Gasteiger partial charge < -0.3 is 16.2 Å². The van der Waals surface area contributed by atoms with Crippen molar-refractivity contribution in [2.24, 2.45) is 11.1 Å². The molecule has 1 aromatic rings. The summed E-state index contributed by atoms with van der Waals surface area (Å²) >= 11 is 0. The Bertz CT molecular complexity index is 438. The zero-order valence-electron chi connectivity index (χ0n) is 12.1. The van der Waals surface area contributed by atoms with E-state index >= 15 is 0 Å². The van der Waals surface area contributed by atoms with Gasteiger partial charge in [0.15, 0.2) is 0 Å². The van der Waals surface area contributed by atoms with Gasteiger partial charge in [-0.2, -0.15) is 0 Å². The summed E-state index contributed by atoms with van der Waals surface area (Å²) < 4.78 is 0. The topological polar surface area (TPSA) is 75.3 Å². The predicted octanol–water partition coefficient (Wildman–Crippen LogP) is 1.52. The molecule has 1 aromatic carbocycles. The molecule has 4 heteroatoms. The summed E-state index contributed by atoms with van der Waals surface area (Å²) in [5.74, 6) is -0.236. The van der Waals surface area contributed by atoms with Gasteiger partial charge >= 0.3 is 0 Å². The summed E-state index contributed by atoms with van der Waals surface area (Å²) in [5.41, 5.74) is 7.39. The summed E-state index contributed by atoms with van der Waals surface area (Å²) in [4.78, 5) is 11.9. The fourth-order valence-corrected chi connectivity index (χ4v) is 1.77. The normalized spacial score (nSPS) is 14.8. The van der Waals surface area contributed by atoms with Crippen LogP contribution in [0.25, 0.3) is 0 Å². The summed E-state index contributed by atoms with van der Waals surface area (Å²) in [6.07, 6.45) is -0.711. The van der Waals surface area contributed by atoms with Crippen molar-refractivity contribution in [1.29, 1.82) is 0 Å². The van der Waals surface area contributed by atoms with Crippen LogP contribution in [0.5, 0.6) is 0 Å². The van der Waals surface area contributed by atoms with Crippen LogP contribution >= 0.6 is 0 Å². The molecule has 0 fully saturated rings. The number of amides is 1. The Kier molecular flexibility index (Phi) is 5.09. The van der Waals surface area contributed by atoms with Crippen LogP contribution in [0, 0.1) is 12.3 Å². The third kappa shape index (κ3) is 4.33. The zero-order valence-corrected chi connectivity index (χ0v) is 12.1. The molecule has 1 unspecified atom stereocenters. The number of nitrogens with two attached hydrogens (primary N) is 1. The first kappa shape index (κ1) is 15.7. The number of carbonyl (C=O) groups excluding carboxylic acids is 1. The molecule has 1 rings (SSSR count). The lowest BCUT2D eigenvalue weighted by atomic mass is 9.87. The van der Waals surface area contributed by atoms with E-state index in [-0.39, 0.29) is 17.9 Å². The molecule has 0 bridgehead atoms. The van der Waals surface area contributed by atoms with Gasteiger partial charge in [0, 0.05) is 6.54 Å². The third-order valence-corrected chi connectivity index (χ3v) is 3.23. The second kappa shape index (κ2) is 6.17. The van der Waals surface area contributed by atoms with Gasteiger partial charge in [0.05, 0.1) is 12.1 Å². The fraction of sp³-hybridized carbons (Fsp3) is 0.533. The van der Waals surface area contributed by atoms with Gasteiger partial charge in [0.2, 0.25) is 5.91 Å². The Morgan fingerprint density at radius 1 is 1.37 bits per heavy atom. The van der Waals surface area contributed by atoms with E-state index < -0.39 is 12.1 Å². The third-order valence-electron chi connectivity index (χ3n) is 3.23. The van der Waals surface area contributed by atoms with Crippen LogP contribution in [-0.2, 0) is 4.79 Å². The summed E-state index contributed by atoms with van der Waals surface area (Å²) in [6, 6.07) is 6.99. The van der Waals surface area contributed by atoms with Crippen molar-refractivity contribution in [1.82, 2.24) is 5.32 Å². The number of carbonyl (C=O) groups is 1. The highest BCUT2D eigenvalue weighted by atomic mass is 16.3. The van der Waals surface area contributed by atoms with Crippen LogP contribution in [0.15, 0.2) is 24.3 Å². The second-order valence-corrected chi connectivity index (χ2v) is 5.96. The van der Waals surface area contributed by atoms with Crippen LogP contribution in [0.2, 0.25) is 0 Å². The number of hydrogen-bond acceptors (Lipinski definition) is 3. The number of benzene rings is 1. The van der Waals surface area contributed by atoms with Crippen LogP contribution in [0.3, 0.4) is 0 Å². The molecule has 0 aliphatic carbocycles. The Balaban J connectivity index is 2.58. The minimum Gasteiger partial charge on any atom is -0.387 e. The van der Waals surface area contributed by atoms with Gasteiger partial charge in [-0.3, -0.25) is 4.79 Å². The molecule has 0 aliphatic heterocycles. The largest absolute Gasteiger partial charge is 0.387 e. The van der Waals surface area contributed by atoms with Gasteiger partial charge in [0.25, 0.3) is 0 Å². The number of hydrogen-bond donors (Lipinski definition) is 3. The number of nitrogens with one attached hydrogen (secondary N) is 1. The molecular weight excluding hydrogens is 240 g/mol. The summed E-state index contributed by atoms with van der Waals surface area (Å²) in [6.45, 7) is 7.84. The quantitative estimate of drug-likeness (QED) is 0.771. The molecule has 0 radical (unpaired) electrons. The molecule has 0 aliphatic rings. The Morgan fingerprint density at radius 2 is 1.95 bits per heavy atom. The molecular formula is C15H24N2O2. The molecule has 0 saturated carbocycles. The SMILES string of the molecule is Cc1ccccc1C(O)CNC(=O)[C@@H](N)C(C)(C)C. The molecule has 19 heavy (non-hydrogen) atoms. The second-order valence-electron chi connectivity index (χ2n) is 5.96. The number of rotatable bonds is 4. The first-order valence-corrected chi connectivity index (χ1v) is 6.50. The number of aryl methyl sites for hydroxylation is 1. The maximum Gasteiger partial charge on any atom is 0.237 e. The molecule has 106 valence electrons. The van der Waals surface area contributed by atoms with E-state index in [9.17, 15) is 9.90 Å². The van der Waals surface area contributed by atoms with E-state index in [1.54, 1.807) is 0 Å². The molecule has 0 spiro atoms. The summed E-state index contributed by atoms with van der Waals surface area (Å²) in [5, 5.41) is 12.8. The average molecular weight is 264 g/mol. The highest BCUT2D eigenvalue weighted by molar-refractivity contribution is 5.82. The first-order chi connectivity index (χ1) is 8.73. The predicted molar refractivity (Wildman–Crippen MR) is 76.6 cm³/mol. The number of aliphatic hydroxyl groups is 1. The van der Waals surface area contributed by atoms with Gasteiger partial charge in [-0.25, -0.2) is 0 Å². The van der Waals surface area contributed by atoms with E-state index in [4.69, 9.17) is 5.73 Å². The van der Waals surface area contributed by atoms with Crippen molar-refractivity contribution in [3.8, 4) is 0 Å². The van der Waals surface area contributed by atoms with Crippen LogP contribution < -0.4 is 11.1 Å². The van der Waals surface area contributed by atoms with Crippen molar-refractivity contribution in [3.63, 3.8) is 0 Å².